The summed E-state index contributed by atoms with van der Waals surface area (Å²) in [5.74, 6) is -0.441. The number of benzene rings is 1. The van der Waals surface area contributed by atoms with E-state index in [0.29, 0.717) is 23.6 Å². The van der Waals surface area contributed by atoms with Crippen molar-refractivity contribution in [2.24, 2.45) is 0 Å². The van der Waals surface area contributed by atoms with Crippen molar-refractivity contribution < 1.29 is 14.8 Å². The molecule has 0 aliphatic heterocycles. The SMILES string of the molecule is O=C(O)CNc1nc(NCc2cccc([N+](=O)[O-])c2)cc(-c2ccncc2)n1. The summed E-state index contributed by atoms with van der Waals surface area (Å²) >= 11 is 0. The Morgan fingerprint density at radius 1 is 1.11 bits per heavy atom. The average Bonchev–Trinajstić information content (AvgIpc) is 2.71. The zero-order valence-electron chi connectivity index (χ0n) is 14.6. The van der Waals surface area contributed by atoms with E-state index in [4.69, 9.17) is 5.11 Å². The van der Waals surface area contributed by atoms with Gasteiger partial charge in [-0.25, -0.2) is 4.98 Å². The number of non-ortho nitro benzene ring substituents is 1. The van der Waals surface area contributed by atoms with Gasteiger partial charge in [0.1, 0.15) is 12.4 Å². The van der Waals surface area contributed by atoms with Gasteiger partial charge >= 0.3 is 5.97 Å². The zero-order chi connectivity index (χ0) is 19.9. The Balaban J connectivity index is 1.84. The van der Waals surface area contributed by atoms with E-state index in [1.54, 1.807) is 42.7 Å². The van der Waals surface area contributed by atoms with E-state index in [1.807, 2.05) is 0 Å². The number of nitrogens with one attached hydrogen (secondary N) is 2. The molecule has 0 atom stereocenters. The first kappa shape index (κ1) is 18.7. The molecular formula is C18H16N6O4. The zero-order valence-corrected chi connectivity index (χ0v) is 14.6. The Labute approximate surface area is 159 Å². The maximum Gasteiger partial charge on any atom is 0.322 e. The van der Waals surface area contributed by atoms with Crippen LogP contribution in [0.15, 0.2) is 54.9 Å². The van der Waals surface area contributed by atoms with Crippen LogP contribution in [0, 0.1) is 10.1 Å². The first-order chi connectivity index (χ1) is 13.5. The van der Waals surface area contributed by atoms with Gasteiger partial charge in [-0.05, 0) is 17.7 Å². The first-order valence-electron chi connectivity index (χ1n) is 8.23. The second-order valence-electron chi connectivity index (χ2n) is 5.73. The summed E-state index contributed by atoms with van der Waals surface area (Å²) in [4.78, 5) is 33.8. The molecule has 2 aromatic heterocycles. The van der Waals surface area contributed by atoms with E-state index in [9.17, 15) is 14.9 Å². The lowest BCUT2D eigenvalue weighted by atomic mass is 10.2. The highest BCUT2D eigenvalue weighted by atomic mass is 16.6. The molecule has 0 saturated heterocycles. The molecule has 0 amide bonds. The Morgan fingerprint density at radius 3 is 2.61 bits per heavy atom. The largest absolute Gasteiger partial charge is 0.480 e. The molecule has 1 aromatic carbocycles. The number of rotatable bonds is 8. The van der Waals surface area contributed by atoms with Crippen molar-refractivity contribution in [3.8, 4) is 11.3 Å². The third kappa shape index (κ3) is 4.97. The van der Waals surface area contributed by atoms with E-state index < -0.39 is 10.9 Å². The normalized spacial score (nSPS) is 10.3. The molecule has 28 heavy (non-hydrogen) atoms. The molecule has 3 aromatic rings. The van der Waals surface area contributed by atoms with Gasteiger partial charge in [0.25, 0.3) is 5.69 Å². The van der Waals surface area contributed by atoms with Crippen LogP contribution in [0.1, 0.15) is 5.56 Å². The number of aliphatic carboxylic acids is 1. The lowest BCUT2D eigenvalue weighted by Crippen LogP contribution is -2.15. The van der Waals surface area contributed by atoms with Crippen LogP contribution in [0.5, 0.6) is 0 Å². The smallest absolute Gasteiger partial charge is 0.322 e. The van der Waals surface area contributed by atoms with Crippen LogP contribution >= 0.6 is 0 Å². The number of hydrogen-bond donors (Lipinski definition) is 3. The maximum atomic E-state index is 10.9. The Hall–Kier alpha value is -4.08. The van der Waals surface area contributed by atoms with Crippen molar-refractivity contribution >= 4 is 23.4 Å². The van der Waals surface area contributed by atoms with Crippen LogP contribution in [-0.4, -0.2) is 37.5 Å². The number of nitro groups is 1. The predicted molar refractivity (Wildman–Crippen MR) is 102 cm³/mol. The van der Waals surface area contributed by atoms with E-state index in [1.165, 1.54) is 12.1 Å². The summed E-state index contributed by atoms with van der Waals surface area (Å²) in [6, 6.07) is 11.5. The molecule has 0 aliphatic rings. The molecule has 0 radical (unpaired) electrons. The molecule has 142 valence electrons. The van der Waals surface area contributed by atoms with E-state index in [2.05, 4.69) is 25.6 Å². The number of nitro benzene ring substituents is 1. The average molecular weight is 380 g/mol. The van der Waals surface area contributed by atoms with Crippen molar-refractivity contribution in [3.05, 3.63) is 70.5 Å². The Bertz CT molecular complexity index is 996. The minimum atomic E-state index is -1.04. The predicted octanol–water partition coefficient (Wildman–Crippen LogP) is 2.56. The Kier molecular flexibility index (Phi) is 5.70. The van der Waals surface area contributed by atoms with Crippen LogP contribution < -0.4 is 10.6 Å². The highest BCUT2D eigenvalue weighted by Crippen LogP contribution is 2.21. The first-order valence-corrected chi connectivity index (χ1v) is 8.23. The van der Waals surface area contributed by atoms with Gasteiger partial charge in [0, 0.05) is 42.7 Å². The van der Waals surface area contributed by atoms with Gasteiger partial charge in [0.05, 0.1) is 10.6 Å². The van der Waals surface area contributed by atoms with Crippen molar-refractivity contribution in [2.45, 2.75) is 6.54 Å². The molecule has 10 nitrogen and oxygen atoms in total. The standard InChI is InChI=1S/C18H16N6O4/c25-17(26)11-21-18-22-15(13-4-6-19-7-5-13)9-16(23-18)20-10-12-2-1-3-14(8-12)24(27)28/h1-9H,10-11H2,(H,25,26)(H2,20,21,22,23). The van der Waals surface area contributed by atoms with Crippen molar-refractivity contribution in [1.82, 2.24) is 15.0 Å². The van der Waals surface area contributed by atoms with Crippen molar-refractivity contribution in [1.29, 1.82) is 0 Å². The van der Waals surface area contributed by atoms with Gasteiger partial charge in [0.15, 0.2) is 0 Å². The molecule has 0 unspecified atom stereocenters. The fourth-order valence-corrected chi connectivity index (χ4v) is 2.41. The highest BCUT2D eigenvalue weighted by molar-refractivity contribution is 5.72. The van der Waals surface area contributed by atoms with E-state index >= 15 is 0 Å². The number of anilines is 2. The molecule has 3 rings (SSSR count). The number of nitrogens with zero attached hydrogens (tertiary/aromatic N) is 4. The van der Waals surface area contributed by atoms with Gasteiger partial charge in [-0.3, -0.25) is 19.9 Å². The third-order valence-electron chi connectivity index (χ3n) is 3.69. The van der Waals surface area contributed by atoms with Gasteiger partial charge < -0.3 is 15.7 Å². The summed E-state index contributed by atoms with van der Waals surface area (Å²) in [6.07, 6.45) is 3.25. The second kappa shape index (κ2) is 8.54. The second-order valence-corrected chi connectivity index (χ2v) is 5.73. The van der Waals surface area contributed by atoms with Crippen LogP contribution in [-0.2, 0) is 11.3 Å². The molecule has 0 aliphatic carbocycles. The van der Waals surface area contributed by atoms with E-state index in [-0.39, 0.29) is 18.2 Å². The topological polar surface area (TPSA) is 143 Å². The van der Waals surface area contributed by atoms with Crippen LogP contribution in [0.2, 0.25) is 0 Å². The maximum absolute atomic E-state index is 10.9. The minimum Gasteiger partial charge on any atom is -0.480 e. The number of hydrogen-bond acceptors (Lipinski definition) is 8. The van der Waals surface area contributed by atoms with Crippen molar-refractivity contribution in [2.75, 3.05) is 17.2 Å². The molecule has 0 spiro atoms. The minimum absolute atomic E-state index is 0.00303. The number of carbonyl (C=O) groups is 1. The summed E-state index contributed by atoms with van der Waals surface area (Å²) < 4.78 is 0. The summed E-state index contributed by atoms with van der Waals surface area (Å²) in [7, 11) is 0. The monoisotopic (exact) mass is 380 g/mol. The molecular weight excluding hydrogens is 364 g/mol. The Morgan fingerprint density at radius 2 is 1.89 bits per heavy atom. The van der Waals surface area contributed by atoms with Crippen LogP contribution in [0.25, 0.3) is 11.3 Å². The van der Waals surface area contributed by atoms with Crippen LogP contribution in [0.4, 0.5) is 17.5 Å². The molecule has 0 bridgehead atoms. The summed E-state index contributed by atoms with van der Waals surface area (Å²) in [6.45, 7) is -0.0308. The lowest BCUT2D eigenvalue weighted by molar-refractivity contribution is -0.384. The van der Waals surface area contributed by atoms with Crippen molar-refractivity contribution in [3.63, 3.8) is 0 Å². The summed E-state index contributed by atoms with van der Waals surface area (Å²) in [5, 5.41) is 25.5. The van der Waals surface area contributed by atoms with Gasteiger partial charge in [-0.15, -0.1) is 0 Å². The summed E-state index contributed by atoms with van der Waals surface area (Å²) in [5.41, 5.74) is 2.07. The number of carboxylic acids is 1. The number of carboxylic acid groups (broad SMARTS) is 1. The molecule has 0 fully saturated rings. The third-order valence-corrected chi connectivity index (χ3v) is 3.69. The number of pyridine rings is 1. The quantitative estimate of drug-likeness (QED) is 0.397. The van der Waals surface area contributed by atoms with Gasteiger partial charge in [-0.1, -0.05) is 12.1 Å². The van der Waals surface area contributed by atoms with Gasteiger partial charge in [0.2, 0.25) is 5.95 Å². The lowest BCUT2D eigenvalue weighted by Gasteiger charge is -2.11. The number of aromatic nitrogens is 3. The molecule has 3 N–H and O–H groups in total. The fourth-order valence-electron chi connectivity index (χ4n) is 2.41. The van der Waals surface area contributed by atoms with E-state index in [0.717, 1.165) is 5.56 Å². The molecule has 0 saturated carbocycles. The van der Waals surface area contributed by atoms with Gasteiger partial charge in [-0.2, -0.15) is 4.98 Å². The fraction of sp³-hybridized carbons (Fsp3) is 0.111. The highest BCUT2D eigenvalue weighted by Gasteiger charge is 2.09. The molecule has 2 heterocycles. The molecule has 10 heteroatoms. The van der Waals surface area contributed by atoms with Crippen LogP contribution in [0.3, 0.4) is 0 Å².